The van der Waals surface area contributed by atoms with Crippen molar-refractivity contribution in [1.82, 2.24) is 4.57 Å². The van der Waals surface area contributed by atoms with Crippen LogP contribution in [0, 0.1) is 10.5 Å². The van der Waals surface area contributed by atoms with Crippen molar-refractivity contribution in [2.24, 2.45) is 0 Å². The van der Waals surface area contributed by atoms with E-state index in [9.17, 15) is 4.79 Å². The SMILES string of the molecule is Cc1cc(=O)n(Cc2ccc(Cl)cc2Cl)cc1I. The van der Waals surface area contributed by atoms with Gasteiger partial charge in [0.1, 0.15) is 0 Å². The molecule has 0 aliphatic heterocycles. The summed E-state index contributed by atoms with van der Waals surface area (Å²) >= 11 is 14.2. The maximum Gasteiger partial charge on any atom is 0.251 e. The zero-order valence-electron chi connectivity index (χ0n) is 9.58. The number of hydrogen-bond acceptors (Lipinski definition) is 1. The highest BCUT2D eigenvalue weighted by Gasteiger charge is 2.05. The van der Waals surface area contributed by atoms with Gasteiger partial charge in [-0.25, -0.2) is 0 Å². The Balaban J connectivity index is 2.40. The van der Waals surface area contributed by atoms with Gasteiger partial charge in [0.15, 0.2) is 0 Å². The van der Waals surface area contributed by atoms with E-state index in [4.69, 9.17) is 23.2 Å². The van der Waals surface area contributed by atoms with Crippen LogP contribution in [0.25, 0.3) is 0 Å². The lowest BCUT2D eigenvalue weighted by atomic mass is 10.2. The third-order valence-electron chi connectivity index (χ3n) is 2.62. The molecule has 94 valence electrons. The predicted octanol–water partition coefficient (Wildman–Crippen LogP) is 4.12. The lowest BCUT2D eigenvalue weighted by Gasteiger charge is -2.09. The average Bonchev–Trinajstić information content (AvgIpc) is 2.29. The number of halogens is 3. The summed E-state index contributed by atoms with van der Waals surface area (Å²) in [6.45, 7) is 2.37. The molecule has 0 aliphatic carbocycles. The number of benzene rings is 1. The molecule has 1 aromatic heterocycles. The molecule has 2 rings (SSSR count). The highest BCUT2D eigenvalue weighted by molar-refractivity contribution is 14.1. The second kappa shape index (κ2) is 5.63. The first-order valence-electron chi connectivity index (χ1n) is 5.28. The van der Waals surface area contributed by atoms with Gasteiger partial charge in [-0.3, -0.25) is 4.79 Å². The molecule has 1 aromatic carbocycles. The Labute approximate surface area is 129 Å². The van der Waals surface area contributed by atoms with E-state index in [1.807, 2.05) is 19.2 Å². The molecule has 5 heteroatoms. The topological polar surface area (TPSA) is 22.0 Å². The number of aryl methyl sites for hydroxylation is 1. The van der Waals surface area contributed by atoms with Crippen molar-refractivity contribution >= 4 is 45.8 Å². The molecule has 2 aromatic rings. The highest BCUT2D eigenvalue weighted by atomic mass is 127. The van der Waals surface area contributed by atoms with Crippen LogP contribution in [0.15, 0.2) is 35.3 Å². The summed E-state index contributed by atoms with van der Waals surface area (Å²) in [4.78, 5) is 11.9. The Morgan fingerprint density at radius 1 is 1.28 bits per heavy atom. The highest BCUT2D eigenvalue weighted by Crippen LogP contribution is 2.21. The normalized spacial score (nSPS) is 10.7. The maximum absolute atomic E-state index is 11.9. The van der Waals surface area contributed by atoms with Crippen LogP contribution in [0.4, 0.5) is 0 Å². The van der Waals surface area contributed by atoms with Crippen LogP contribution in [-0.4, -0.2) is 4.57 Å². The summed E-state index contributed by atoms with van der Waals surface area (Å²) in [6.07, 6.45) is 1.84. The van der Waals surface area contributed by atoms with Crippen LogP contribution in [-0.2, 0) is 6.54 Å². The Bertz CT molecular complexity index is 652. The summed E-state index contributed by atoms with van der Waals surface area (Å²) in [5.74, 6) is 0. The molecule has 0 spiro atoms. The Kier molecular flexibility index (Phi) is 4.35. The fraction of sp³-hybridized carbons (Fsp3) is 0.154. The molecule has 0 bridgehead atoms. The van der Waals surface area contributed by atoms with Crippen molar-refractivity contribution in [2.75, 3.05) is 0 Å². The zero-order valence-corrected chi connectivity index (χ0v) is 13.3. The fourth-order valence-electron chi connectivity index (χ4n) is 1.60. The molecule has 0 saturated heterocycles. The molecule has 0 amide bonds. The zero-order chi connectivity index (χ0) is 13.3. The van der Waals surface area contributed by atoms with Gasteiger partial charge in [-0.2, -0.15) is 0 Å². The largest absolute Gasteiger partial charge is 0.310 e. The lowest BCUT2D eigenvalue weighted by molar-refractivity contribution is 0.753. The Morgan fingerprint density at radius 3 is 2.67 bits per heavy atom. The number of nitrogens with zero attached hydrogens (tertiary/aromatic N) is 1. The van der Waals surface area contributed by atoms with Gasteiger partial charge in [0, 0.05) is 25.9 Å². The molecular formula is C13H10Cl2INO. The Hall–Kier alpha value is -0.520. The van der Waals surface area contributed by atoms with E-state index >= 15 is 0 Å². The number of pyridine rings is 1. The van der Waals surface area contributed by atoms with Gasteiger partial charge in [-0.05, 0) is 52.8 Å². The van der Waals surface area contributed by atoms with E-state index in [-0.39, 0.29) is 5.56 Å². The lowest BCUT2D eigenvalue weighted by Crippen LogP contribution is -2.20. The molecule has 0 aliphatic rings. The molecule has 1 heterocycles. The van der Waals surface area contributed by atoms with Gasteiger partial charge in [0.05, 0.1) is 6.54 Å². The summed E-state index contributed by atoms with van der Waals surface area (Å²) in [6, 6.07) is 6.92. The minimum atomic E-state index is -0.0288. The van der Waals surface area contributed by atoms with Crippen molar-refractivity contribution in [3.63, 3.8) is 0 Å². The number of rotatable bonds is 2. The average molecular weight is 394 g/mol. The standard InChI is InChI=1S/C13H10Cl2INO/c1-8-4-13(18)17(7-12(8)16)6-9-2-3-10(14)5-11(9)15/h2-5,7H,6H2,1H3. The van der Waals surface area contributed by atoms with Crippen LogP contribution in [0.2, 0.25) is 10.0 Å². The van der Waals surface area contributed by atoms with Gasteiger partial charge in [0.25, 0.3) is 5.56 Å². The summed E-state index contributed by atoms with van der Waals surface area (Å²) in [5.41, 5.74) is 1.83. The second-order valence-electron chi connectivity index (χ2n) is 4.01. The minimum absolute atomic E-state index is 0.0288. The van der Waals surface area contributed by atoms with Gasteiger partial charge >= 0.3 is 0 Å². The predicted molar refractivity (Wildman–Crippen MR) is 83.7 cm³/mol. The van der Waals surface area contributed by atoms with Gasteiger partial charge in [-0.1, -0.05) is 29.3 Å². The summed E-state index contributed by atoms with van der Waals surface area (Å²) in [5, 5.41) is 1.17. The molecule has 0 N–H and O–H groups in total. The molecule has 2 nitrogen and oxygen atoms in total. The van der Waals surface area contributed by atoms with Crippen molar-refractivity contribution in [3.05, 3.63) is 65.6 Å². The monoisotopic (exact) mass is 393 g/mol. The van der Waals surface area contributed by atoms with E-state index in [1.165, 1.54) is 0 Å². The van der Waals surface area contributed by atoms with Crippen LogP contribution in [0.5, 0.6) is 0 Å². The summed E-state index contributed by atoms with van der Waals surface area (Å²) in [7, 11) is 0. The molecule has 0 saturated carbocycles. The maximum atomic E-state index is 11.9. The molecule has 18 heavy (non-hydrogen) atoms. The van der Waals surface area contributed by atoms with Crippen molar-refractivity contribution in [1.29, 1.82) is 0 Å². The molecular weight excluding hydrogens is 384 g/mol. The number of hydrogen-bond donors (Lipinski definition) is 0. The second-order valence-corrected chi connectivity index (χ2v) is 6.01. The van der Waals surface area contributed by atoms with Gasteiger partial charge in [0.2, 0.25) is 0 Å². The third kappa shape index (κ3) is 3.08. The molecule has 0 fully saturated rings. The van der Waals surface area contributed by atoms with Gasteiger partial charge in [-0.15, -0.1) is 0 Å². The molecule has 0 radical (unpaired) electrons. The number of aromatic nitrogens is 1. The third-order valence-corrected chi connectivity index (χ3v) is 4.34. The van der Waals surface area contributed by atoms with Gasteiger partial charge < -0.3 is 4.57 Å². The van der Waals surface area contributed by atoms with Crippen molar-refractivity contribution < 1.29 is 0 Å². The van der Waals surface area contributed by atoms with E-state index in [0.717, 1.165) is 14.7 Å². The van der Waals surface area contributed by atoms with Crippen LogP contribution in [0.1, 0.15) is 11.1 Å². The first-order chi connectivity index (χ1) is 8.47. The van der Waals surface area contributed by atoms with E-state index in [1.54, 1.807) is 22.8 Å². The van der Waals surface area contributed by atoms with E-state index in [0.29, 0.717) is 16.6 Å². The first kappa shape index (κ1) is 13.9. The van der Waals surface area contributed by atoms with Crippen molar-refractivity contribution in [2.45, 2.75) is 13.5 Å². The fourth-order valence-corrected chi connectivity index (χ4v) is 2.56. The van der Waals surface area contributed by atoms with Crippen LogP contribution < -0.4 is 5.56 Å². The van der Waals surface area contributed by atoms with E-state index < -0.39 is 0 Å². The minimum Gasteiger partial charge on any atom is -0.310 e. The molecule has 0 atom stereocenters. The van der Waals surface area contributed by atoms with Crippen molar-refractivity contribution in [3.8, 4) is 0 Å². The molecule has 0 unspecified atom stereocenters. The van der Waals surface area contributed by atoms with E-state index in [2.05, 4.69) is 22.6 Å². The summed E-state index contributed by atoms with van der Waals surface area (Å²) < 4.78 is 2.70. The Morgan fingerprint density at radius 2 is 2.00 bits per heavy atom. The van der Waals surface area contributed by atoms with Crippen LogP contribution >= 0.6 is 45.8 Å². The quantitative estimate of drug-likeness (QED) is 0.703. The first-order valence-corrected chi connectivity index (χ1v) is 7.11. The smallest absolute Gasteiger partial charge is 0.251 e. The van der Waals surface area contributed by atoms with Crippen LogP contribution in [0.3, 0.4) is 0 Å².